The van der Waals surface area contributed by atoms with E-state index in [2.05, 4.69) is 5.32 Å². The number of hydrogen-bond donors (Lipinski definition) is 2. The molecule has 2 N–H and O–H groups in total. The number of nitrogens with zero attached hydrogens (tertiary/aromatic N) is 2. The summed E-state index contributed by atoms with van der Waals surface area (Å²) in [6, 6.07) is 6.89. The average molecular weight is 347 g/mol. The fraction of sp³-hybridized carbons (Fsp3) is 0.579. The molecule has 0 saturated heterocycles. The standard InChI is InChI=1S/C19H29N3O3/c1-4-12-22(17-10-5-6-11-18(17)24)19(25)20-15-8-7-9-16(13-15)21(3)14(2)23/h7-9,13,17-18,24H,4-6,10-12H2,1-3H3,(H,20,25)/t17-,18-/m1/s1. The lowest BCUT2D eigenvalue weighted by Gasteiger charge is -2.37. The Kier molecular flexibility index (Phi) is 6.82. The summed E-state index contributed by atoms with van der Waals surface area (Å²) in [5.74, 6) is -0.0681. The zero-order chi connectivity index (χ0) is 18.4. The molecule has 1 aromatic rings. The van der Waals surface area contributed by atoms with Gasteiger partial charge in [0.1, 0.15) is 0 Å². The van der Waals surface area contributed by atoms with Gasteiger partial charge in [-0.25, -0.2) is 4.79 Å². The molecule has 6 heteroatoms. The molecule has 1 aliphatic carbocycles. The fourth-order valence-corrected chi connectivity index (χ4v) is 3.28. The maximum absolute atomic E-state index is 12.8. The Morgan fingerprint density at radius 3 is 2.64 bits per heavy atom. The van der Waals surface area contributed by atoms with Gasteiger partial charge in [-0.05, 0) is 37.5 Å². The van der Waals surface area contributed by atoms with E-state index in [9.17, 15) is 14.7 Å². The molecule has 1 aromatic carbocycles. The number of rotatable bonds is 5. The summed E-state index contributed by atoms with van der Waals surface area (Å²) < 4.78 is 0. The molecule has 138 valence electrons. The SMILES string of the molecule is CCCN(C(=O)Nc1cccc(N(C)C(C)=O)c1)[C@@H]1CCCC[C@H]1O. The van der Waals surface area contributed by atoms with E-state index >= 15 is 0 Å². The minimum Gasteiger partial charge on any atom is -0.391 e. The van der Waals surface area contributed by atoms with Crippen LogP contribution in [0.25, 0.3) is 0 Å². The molecule has 1 aliphatic rings. The molecular weight excluding hydrogens is 318 g/mol. The summed E-state index contributed by atoms with van der Waals surface area (Å²) in [5, 5.41) is 13.2. The smallest absolute Gasteiger partial charge is 0.322 e. The number of benzene rings is 1. The van der Waals surface area contributed by atoms with Gasteiger partial charge in [-0.1, -0.05) is 25.8 Å². The van der Waals surface area contributed by atoms with Gasteiger partial charge in [0.2, 0.25) is 5.91 Å². The minimum absolute atomic E-state index is 0.0681. The van der Waals surface area contributed by atoms with Gasteiger partial charge < -0.3 is 20.2 Å². The molecule has 3 amide bonds. The van der Waals surface area contributed by atoms with Crippen LogP contribution in [-0.2, 0) is 4.79 Å². The van der Waals surface area contributed by atoms with Crippen LogP contribution in [-0.4, -0.2) is 47.7 Å². The predicted octanol–water partition coefficient (Wildman–Crippen LogP) is 3.22. The third kappa shape index (κ3) is 4.95. The van der Waals surface area contributed by atoms with Crippen LogP contribution in [0.2, 0.25) is 0 Å². The Balaban J connectivity index is 2.12. The van der Waals surface area contributed by atoms with Crippen molar-refractivity contribution in [1.82, 2.24) is 4.90 Å². The van der Waals surface area contributed by atoms with Gasteiger partial charge in [0.25, 0.3) is 0 Å². The minimum atomic E-state index is -0.457. The highest BCUT2D eigenvalue weighted by Gasteiger charge is 2.31. The molecule has 2 rings (SSSR count). The zero-order valence-corrected chi connectivity index (χ0v) is 15.4. The average Bonchev–Trinajstić information content (AvgIpc) is 2.60. The Hall–Kier alpha value is -2.08. The van der Waals surface area contributed by atoms with Crippen LogP contribution in [0.15, 0.2) is 24.3 Å². The van der Waals surface area contributed by atoms with Crippen molar-refractivity contribution in [3.63, 3.8) is 0 Å². The lowest BCUT2D eigenvalue weighted by molar-refractivity contribution is -0.116. The summed E-state index contributed by atoms with van der Waals surface area (Å²) in [6.07, 6.45) is 4.01. The van der Waals surface area contributed by atoms with E-state index in [1.165, 1.54) is 11.8 Å². The Bertz CT molecular complexity index is 605. The molecule has 0 radical (unpaired) electrons. The van der Waals surface area contributed by atoms with Crippen molar-refractivity contribution in [3.05, 3.63) is 24.3 Å². The third-order valence-corrected chi connectivity index (χ3v) is 4.78. The number of carbonyl (C=O) groups is 2. The molecule has 6 nitrogen and oxygen atoms in total. The monoisotopic (exact) mass is 347 g/mol. The van der Waals surface area contributed by atoms with Crippen LogP contribution in [0.4, 0.5) is 16.2 Å². The fourth-order valence-electron chi connectivity index (χ4n) is 3.28. The van der Waals surface area contributed by atoms with Crippen LogP contribution >= 0.6 is 0 Å². The van der Waals surface area contributed by atoms with Crippen molar-refractivity contribution < 1.29 is 14.7 Å². The maximum Gasteiger partial charge on any atom is 0.322 e. The second kappa shape index (κ2) is 8.85. The molecule has 0 aromatic heterocycles. The largest absolute Gasteiger partial charge is 0.391 e. The Morgan fingerprint density at radius 2 is 2.00 bits per heavy atom. The highest BCUT2D eigenvalue weighted by Crippen LogP contribution is 2.25. The van der Waals surface area contributed by atoms with Gasteiger partial charge >= 0.3 is 6.03 Å². The Morgan fingerprint density at radius 1 is 1.28 bits per heavy atom. The second-order valence-corrected chi connectivity index (χ2v) is 6.67. The van der Waals surface area contributed by atoms with Crippen LogP contribution in [0.1, 0.15) is 46.0 Å². The highest BCUT2D eigenvalue weighted by molar-refractivity contribution is 5.93. The second-order valence-electron chi connectivity index (χ2n) is 6.67. The number of aliphatic hydroxyl groups excluding tert-OH is 1. The van der Waals surface area contributed by atoms with Crippen molar-refractivity contribution in [1.29, 1.82) is 0 Å². The van der Waals surface area contributed by atoms with Crippen molar-refractivity contribution in [2.24, 2.45) is 0 Å². The summed E-state index contributed by atoms with van der Waals surface area (Å²) in [4.78, 5) is 27.6. The molecule has 0 spiro atoms. The summed E-state index contributed by atoms with van der Waals surface area (Å²) in [5.41, 5.74) is 1.37. The molecule has 0 bridgehead atoms. The number of anilines is 2. The maximum atomic E-state index is 12.8. The van der Waals surface area contributed by atoms with Crippen molar-refractivity contribution in [3.8, 4) is 0 Å². The first-order valence-corrected chi connectivity index (χ1v) is 9.04. The summed E-state index contributed by atoms with van der Waals surface area (Å²) >= 11 is 0. The topological polar surface area (TPSA) is 72.9 Å². The van der Waals surface area contributed by atoms with Gasteiger partial charge in [0, 0.05) is 31.9 Å². The number of carbonyl (C=O) groups excluding carboxylic acids is 2. The van der Waals surface area contributed by atoms with E-state index in [4.69, 9.17) is 0 Å². The van der Waals surface area contributed by atoms with E-state index in [1.807, 2.05) is 19.1 Å². The molecule has 0 heterocycles. The first kappa shape index (κ1) is 19.2. The van der Waals surface area contributed by atoms with E-state index in [0.29, 0.717) is 12.2 Å². The molecule has 0 unspecified atom stereocenters. The van der Waals surface area contributed by atoms with E-state index in [-0.39, 0.29) is 18.0 Å². The van der Waals surface area contributed by atoms with E-state index < -0.39 is 6.10 Å². The van der Waals surface area contributed by atoms with Crippen LogP contribution in [0.3, 0.4) is 0 Å². The van der Waals surface area contributed by atoms with Gasteiger partial charge in [-0.15, -0.1) is 0 Å². The van der Waals surface area contributed by atoms with Crippen molar-refractivity contribution in [2.45, 2.75) is 58.1 Å². The highest BCUT2D eigenvalue weighted by atomic mass is 16.3. The number of hydrogen-bond acceptors (Lipinski definition) is 3. The molecule has 25 heavy (non-hydrogen) atoms. The zero-order valence-electron chi connectivity index (χ0n) is 15.4. The number of nitrogens with one attached hydrogen (secondary N) is 1. The molecular formula is C19H29N3O3. The van der Waals surface area contributed by atoms with Crippen LogP contribution in [0, 0.1) is 0 Å². The first-order chi connectivity index (χ1) is 11.9. The Labute approximate surface area is 149 Å². The first-order valence-electron chi connectivity index (χ1n) is 9.04. The van der Waals surface area contributed by atoms with Gasteiger partial charge in [-0.3, -0.25) is 4.79 Å². The number of amides is 3. The van der Waals surface area contributed by atoms with Gasteiger partial charge in [0.15, 0.2) is 0 Å². The normalized spacial score (nSPS) is 20.0. The predicted molar refractivity (Wildman–Crippen MR) is 99.8 cm³/mol. The number of aliphatic hydroxyl groups is 1. The molecule has 1 fully saturated rings. The molecule has 2 atom stereocenters. The molecule has 1 saturated carbocycles. The van der Waals surface area contributed by atoms with Crippen molar-refractivity contribution in [2.75, 3.05) is 23.8 Å². The third-order valence-electron chi connectivity index (χ3n) is 4.78. The van der Waals surface area contributed by atoms with Crippen molar-refractivity contribution >= 4 is 23.3 Å². The lowest BCUT2D eigenvalue weighted by atomic mass is 9.91. The van der Waals surface area contributed by atoms with E-state index in [0.717, 1.165) is 37.8 Å². The lowest BCUT2D eigenvalue weighted by Crippen LogP contribution is -2.50. The van der Waals surface area contributed by atoms with Crippen LogP contribution < -0.4 is 10.2 Å². The quantitative estimate of drug-likeness (QED) is 0.859. The molecule has 0 aliphatic heterocycles. The summed E-state index contributed by atoms with van der Waals surface area (Å²) in [7, 11) is 1.70. The summed E-state index contributed by atoms with van der Waals surface area (Å²) in [6.45, 7) is 4.14. The number of urea groups is 1. The van der Waals surface area contributed by atoms with E-state index in [1.54, 1.807) is 24.1 Å². The van der Waals surface area contributed by atoms with Crippen LogP contribution in [0.5, 0.6) is 0 Å². The van der Waals surface area contributed by atoms with Gasteiger partial charge in [0.05, 0.1) is 12.1 Å². The van der Waals surface area contributed by atoms with Gasteiger partial charge in [-0.2, -0.15) is 0 Å².